The molecular formula is C14H22O3. The Labute approximate surface area is 104 Å². The van der Waals surface area contributed by atoms with Crippen molar-refractivity contribution >= 4 is 11.8 Å². The molecule has 0 spiro atoms. The molecule has 1 unspecified atom stereocenters. The summed E-state index contributed by atoms with van der Waals surface area (Å²) < 4.78 is 4.83. The third kappa shape index (κ3) is 6.05. The van der Waals surface area contributed by atoms with Crippen LogP contribution in [0.15, 0.2) is 24.3 Å². The van der Waals surface area contributed by atoms with Gasteiger partial charge in [0, 0.05) is 6.42 Å². The predicted molar refractivity (Wildman–Crippen MR) is 68.6 cm³/mol. The number of Topliss-reactive ketones (excluding diaryl/α,β-unsaturated/α-hetero) is 1. The molecule has 3 heteroatoms. The maximum atomic E-state index is 11.8. The van der Waals surface area contributed by atoms with Crippen molar-refractivity contribution in [3.63, 3.8) is 0 Å². The van der Waals surface area contributed by atoms with Crippen LogP contribution in [-0.4, -0.2) is 18.4 Å². The van der Waals surface area contributed by atoms with Crippen LogP contribution in [0.3, 0.4) is 0 Å². The topological polar surface area (TPSA) is 43.4 Å². The number of hydrogen-bond donors (Lipinski definition) is 0. The normalized spacial score (nSPS) is 13.0. The summed E-state index contributed by atoms with van der Waals surface area (Å²) in [5.74, 6) is -0.241. The standard InChI is InChI=1S/C14H22O3/c1-5-8-11(4)9-10-13(15)12(6-2)14(16)17-7-3/h5-6,11H,1,7-10H2,2-4H3. The molecule has 1 atom stereocenters. The molecule has 0 aliphatic rings. The highest BCUT2D eigenvalue weighted by atomic mass is 16.5. The van der Waals surface area contributed by atoms with Gasteiger partial charge in [-0.2, -0.15) is 0 Å². The Kier molecular flexibility index (Phi) is 8.03. The molecule has 0 heterocycles. The molecule has 96 valence electrons. The summed E-state index contributed by atoms with van der Waals surface area (Å²) in [6.45, 7) is 9.42. The predicted octanol–water partition coefficient (Wildman–Crippen LogP) is 3.06. The van der Waals surface area contributed by atoms with E-state index in [4.69, 9.17) is 4.74 Å². The molecule has 0 fully saturated rings. The lowest BCUT2D eigenvalue weighted by atomic mass is 9.97. The van der Waals surface area contributed by atoms with Gasteiger partial charge in [-0.15, -0.1) is 6.58 Å². The molecule has 0 amide bonds. The van der Waals surface area contributed by atoms with Gasteiger partial charge in [-0.05, 0) is 32.6 Å². The van der Waals surface area contributed by atoms with E-state index in [1.54, 1.807) is 13.8 Å². The van der Waals surface area contributed by atoms with E-state index in [0.717, 1.165) is 12.8 Å². The number of rotatable bonds is 8. The van der Waals surface area contributed by atoms with Gasteiger partial charge < -0.3 is 4.74 Å². The molecule has 0 bridgehead atoms. The maximum absolute atomic E-state index is 11.8. The Hall–Kier alpha value is -1.38. The molecule has 0 rings (SSSR count). The van der Waals surface area contributed by atoms with Gasteiger partial charge in [0.1, 0.15) is 0 Å². The van der Waals surface area contributed by atoms with Gasteiger partial charge in [-0.3, -0.25) is 4.79 Å². The van der Waals surface area contributed by atoms with E-state index in [0.29, 0.717) is 12.3 Å². The van der Waals surface area contributed by atoms with E-state index < -0.39 is 5.97 Å². The van der Waals surface area contributed by atoms with Crippen LogP contribution in [-0.2, 0) is 14.3 Å². The lowest BCUT2D eigenvalue weighted by molar-refractivity contribution is -0.140. The minimum Gasteiger partial charge on any atom is -0.462 e. The van der Waals surface area contributed by atoms with Crippen LogP contribution in [0.1, 0.15) is 40.0 Å². The first-order valence-corrected chi connectivity index (χ1v) is 6.04. The second-order valence-electron chi connectivity index (χ2n) is 4.01. The van der Waals surface area contributed by atoms with Gasteiger partial charge >= 0.3 is 5.97 Å². The number of ketones is 1. The molecule has 0 aromatic rings. The van der Waals surface area contributed by atoms with Crippen LogP contribution in [0.2, 0.25) is 0 Å². The van der Waals surface area contributed by atoms with E-state index in [2.05, 4.69) is 13.5 Å². The van der Waals surface area contributed by atoms with Crippen molar-refractivity contribution in [1.29, 1.82) is 0 Å². The fourth-order valence-corrected chi connectivity index (χ4v) is 1.52. The molecule has 0 N–H and O–H groups in total. The Bertz CT molecular complexity index is 303. The van der Waals surface area contributed by atoms with Crippen LogP contribution in [0.5, 0.6) is 0 Å². The Morgan fingerprint density at radius 3 is 2.53 bits per heavy atom. The number of allylic oxidation sites excluding steroid dienone is 2. The Morgan fingerprint density at radius 1 is 1.41 bits per heavy atom. The van der Waals surface area contributed by atoms with E-state index >= 15 is 0 Å². The van der Waals surface area contributed by atoms with Gasteiger partial charge in [0.2, 0.25) is 0 Å². The summed E-state index contributed by atoms with van der Waals surface area (Å²) >= 11 is 0. The Balaban J connectivity index is 4.28. The summed E-state index contributed by atoms with van der Waals surface area (Å²) in [5, 5.41) is 0. The van der Waals surface area contributed by atoms with Crippen LogP contribution in [0.25, 0.3) is 0 Å². The van der Waals surface area contributed by atoms with Crippen molar-refractivity contribution < 1.29 is 14.3 Å². The third-order valence-electron chi connectivity index (χ3n) is 2.52. The average molecular weight is 238 g/mol. The molecule has 3 nitrogen and oxygen atoms in total. The summed E-state index contributed by atoms with van der Waals surface area (Å²) in [4.78, 5) is 23.3. The van der Waals surface area contributed by atoms with Crippen LogP contribution in [0.4, 0.5) is 0 Å². The van der Waals surface area contributed by atoms with Gasteiger partial charge in [-0.25, -0.2) is 4.79 Å². The van der Waals surface area contributed by atoms with Crippen molar-refractivity contribution in [3.8, 4) is 0 Å². The molecule has 0 aliphatic carbocycles. The lowest BCUT2D eigenvalue weighted by Gasteiger charge is -2.09. The van der Waals surface area contributed by atoms with Gasteiger partial charge in [-0.1, -0.05) is 19.1 Å². The molecule has 0 aromatic carbocycles. The van der Waals surface area contributed by atoms with E-state index in [1.807, 2.05) is 6.08 Å². The highest BCUT2D eigenvalue weighted by molar-refractivity contribution is 6.17. The zero-order valence-corrected chi connectivity index (χ0v) is 11.0. The highest BCUT2D eigenvalue weighted by Gasteiger charge is 2.18. The zero-order valence-electron chi connectivity index (χ0n) is 11.0. The molecule has 0 aliphatic heterocycles. The summed E-state index contributed by atoms with van der Waals surface area (Å²) in [6.07, 6.45) is 5.41. The van der Waals surface area contributed by atoms with Crippen molar-refractivity contribution in [2.75, 3.05) is 6.61 Å². The Morgan fingerprint density at radius 2 is 2.06 bits per heavy atom. The van der Waals surface area contributed by atoms with Crippen molar-refractivity contribution in [2.45, 2.75) is 40.0 Å². The second kappa shape index (κ2) is 8.74. The van der Waals surface area contributed by atoms with Gasteiger partial charge in [0.15, 0.2) is 5.78 Å². The monoisotopic (exact) mass is 238 g/mol. The smallest absolute Gasteiger partial charge is 0.341 e. The van der Waals surface area contributed by atoms with Crippen molar-refractivity contribution in [2.24, 2.45) is 5.92 Å². The lowest BCUT2D eigenvalue weighted by Crippen LogP contribution is -2.16. The highest BCUT2D eigenvalue weighted by Crippen LogP contribution is 2.14. The number of hydrogen-bond acceptors (Lipinski definition) is 3. The third-order valence-corrected chi connectivity index (χ3v) is 2.52. The molecule has 0 saturated carbocycles. The number of carbonyl (C=O) groups is 2. The molecular weight excluding hydrogens is 216 g/mol. The summed E-state index contributed by atoms with van der Waals surface area (Å²) in [7, 11) is 0. The van der Waals surface area contributed by atoms with E-state index in [1.165, 1.54) is 6.08 Å². The van der Waals surface area contributed by atoms with Crippen LogP contribution in [0, 0.1) is 5.92 Å². The first-order valence-electron chi connectivity index (χ1n) is 6.04. The number of carbonyl (C=O) groups excluding carboxylic acids is 2. The largest absolute Gasteiger partial charge is 0.462 e. The van der Waals surface area contributed by atoms with Crippen LogP contribution >= 0.6 is 0 Å². The molecule has 17 heavy (non-hydrogen) atoms. The SMILES string of the molecule is C=CCC(C)CCC(=O)C(=CC)C(=O)OCC. The second-order valence-corrected chi connectivity index (χ2v) is 4.01. The first-order chi connectivity index (χ1) is 8.06. The van der Waals surface area contributed by atoms with Crippen LogP contribution < -0.4 is 0 Å². The quantitative estimate of drug-likeness (QED) is 0.214. The fourth-order valence-electron chi connectivity index (χ4n) is 1.52. The minimum absolute atomic E-state index is 0.137. The molecule has 0 aromatic heterocycles. The van der Waals surface area contributed by atoms with Gasteiger partial charge in [0.05, 0.1) is 12.2 Å². The summed E-state index contributed by atoms with van der Waals surface area (Å²) in [5.41, 5.74) is 0.164. The van der Waals surface area contributed by atoms with Gasteiger partial charge in [0.25, 0.3) is 0 Å². The molecule has 0 radical (unpaired) electrons. The number of ether oxygens (including phenoxy) is 1. The average Bonchev–Trinajstić information content (AvgIpc) is 2.28. The minimum atomic E-state index is -0.517. The molecule has 0 saturated heterocycles. The van der Waals surface area contributed by atoms with E-state index in [-0.39, 0.29) is 18.0 Å². The van der Waals surface area contributed by atoms with Crippen molar-refractivity contribution in [3.05, 3.63) is 24.3 Å². The maximum Gasteiger partial charge on any atom is 0.341 e. The first kappa shape index (κ1) is 15.6. The van der Waals surface area contributed by atoms with E-state index in [9.17, 15) is 9.59 Å². The summed E-state index contributed by atoms with van der Waals surface area (Å²) in [6, 6.07) is 0. The number of esters is 1. The van der Waals surface area contributed by atoms with Crippen molar-refractivity contribution in [1.82, 2.24) is 0 Å². The zero-order chi connectivity index (χ0) is 13.3. The fraction of sp³-hybridized carbons (Fsp3) is 0.571.